The molecule has 0 saturated carbocycles. The van der Waals surface area contributed by atoms with Gasteiger partial charge in [-0.15, -0.1) is 6.42 Å². The van der Waals surface area contributed by atoms with E-state index in [-0.39, 0.29) is 24.6 Å². The SMILES string of the molecule is C#CCNC(=O)C(C)NCCC(O)CC. The second kappa shape index (κ2) is 8.27. The Kier molecular flexibility index (Phi) is 7.69. The molecule has 15 heavy (non-hydrogen) atoms. The van der Waals surface area contributed by atoms with E-state index < -0.39 is 0 Å². The van der Waals surface area contributed by atoms with Crippen molar-refractivity contribution in [1.29, 1.82) is 0 Å². The van der Waals surface area contributed by atoms with Crippen LogP contribution in [0.5, 0.6) is 0 Å². The average Bonchev–Trinajstić information content (AvgIpc) is 2.25. The maximum Gasteiger partial charge on any atom is 0.237 e. The minimum absolute atomic E-state index is 0.112. The van der Waals surface area contributed by atoms with Gasteiger partial charge in [0.15, 0.2) is 0 Å². The van der Waals surface area contributed by atoms with E-state index in [9.17, 15) is 9.90 Å². The molecule has 0 aliphatic carbocycles. The minimum Gasteiger partial charge on any atom is -0.393 e. The highest BCUT2D eigenvalue weighted by Crippen LogP contribution is 1.95. The molecule has 0 rings (SSSR count). The van der Waals surface area contributed by atoms with Gasteiger partial charge in [0.05, 0.1) is 18.7 Å². The molecule has 86 valence electrons. The number of aliphatic hydroxyl groups is 1. The van der Waals surface area contributed by atoms with Gasteiger partial charge in [0.2, 0.25) is 5.91 Å². The molecule has 0 fully saturated rings. The Hall–Kier alpha value is -1.05. The van der Waals surface area contributed by atoms with Crippen LogP contribution >= 0.6 is 0 Å². The predicted octanol–water partition coefficient (Wildman–Crippen LogP) is -0.125. The van der Waals surface area contributed by atoms with Crippen molar-refractivity contribution in [1.82, 2.24) is 10.6 Å². The largest absolute Gasteiger partial charge is 0.393 e. The molecule has 0 bridgehead atoms. The number of carbonyl (C=O) groups excluding carboxylic acids is 1. The molecule has 0 aromatic rings. The molecular weight excluding hydrogens is 192 g/mol. The highest BCUT2D eigenvalue weighted by molar-refractivity contribution is 5.81. The first-order valence-corrected chi connectivity index (χ1v) is 5.24. The van der Waals surface area contributed by atoms with Crippen molar-refractivity contribution in [3.63, 3.8) is 0 Å². The summed E-state index contributed by atoms with van der Waals surface area (Å²) in [7, 11) is 0. The van der Waals surface area contributed by atoms with Gasteiger partial charge >= 0.3 is 0 Å². The zero-order chi connectivity index (χ0) is 11.7. The van der Waals surface area contributed by atoms with Gasteiger partial charge in [-0.05, 0) is 26.3 Å². The molecule has 4 heteroatoms. The van der Waals surface area contributed by atoms with Crippen molar-refractivity contribution < 1.29 is 9.90 Å². The third-order valence-electron chi connectivity index (χ3n) is 2.16. The van der Waals surface area contributed by atoms with Gasteiger partial charge in [0, 0.05) is 0 Å². The van der Waals surface area contributed by atoms with Crippen molar-refractivity contribution in [3.05, 3.63) is 0 Å². The van der Waals surface area contributed by atoms with Crippen LogP contribution in [0.3, 0.4) is 0 Å². The van der Waals surface area contributed by atoms with Gasteiger partial charge in [-0.25, -0.2) is 0 Å². The van der Waals surface area contributed by atoms with Crippen molar-refractivity contribution >= 4 is 5.91 Å². The first-order valence-electron chi connectivity index (χ1n) is 5.24. The zero-order valence-corrected chi connectivity index (χ0v) is 9.42. The fourth-order valence-corrected chi connectivity index (χ4v) is 1.05. The summed E-state index contributed by atoms with van der Waals surface area (Å²) in [5.74, 6) is 2.23. The van der Waals surface area contributed by atoms with Gasteiger partial charge in [-0.3, -0.25) is 4.79 Å². The number of amides is 1. The molecule has 0 aromatic heterocycles. The molecule has 2 unspecified atom stereocenters. The summed E-state index contributed by atoms with van der Waals surface area (Å²) in [4.78, 5) is 11.3. The van der Waals surface area contributed by atoms with E-state index in [1.165, 1.54) is 0 Å². The lowest BCUT2D eigenvalue weighted by molar-refractivity contribution is -0.122. The highest BCUT2D eigenvalue weighted by Gasteiger charge is 2.11. The maximum atomic E-state index is 11.3. The van der Waals surface area contributed by atoms with E-state index in [2.05, 4.69) is 16.6 Å². The number of nitrogens with one attached hydrogen (secondary N) is 2. The molecule has 0 radical (unpaired) electrons. The zero-order valence-electron chi connectivity index (χ0n) is 9.42. The number of carbonyl (C=O) groups is 1. The number of terminal acetylenes is 1. The Labute approximate surface area is 91.4 Å². The Morgan fingerprint density at radius 2 is 2.27 bits per heavy atom. The quantitative estimate of drug-likeness (QED) is 0.515. The average molecular weight is 212 g/mol. The van der Waals surface area contributed by atoms with Crippen molar-refractivity contribution in [2.24, 2.45) is 0 Å². The van der Waals surface area contributed by atoms with Crippen LogP contribution in [0.2, 0.25) is 0 Å². The van der Waals surface area contributed by atoms with Crippen LogP contribution in [-0.2, 0) is 4.79 Å². The molecular formula is C11H20N2O2. The molecule has 0 aliphatic rings. The summed E-state index contributed by atoms with van der Waals surface area (Å²) < 4.78 is 0. The third kappa shape index (κ3) is 6.95. The summed E-state index contributed by atoms with van der Waals surface area (Å²) in [6, 6.07) is -0.276. The standard InChI is InChI=1S/C11H20N2O2/c1-4-7-13-11(15)9(3)12-8-6-10(14)5-2/h1,9-10,12,14H,5-8H2,2-3H3,(H,13,15). The monoisotopic (exact) mass is 212 g/mol. The number of hydrogen-bond acceptors (Lipinski definition) is 3. The summed E-state index contributed by atoms with van der Waals surface area (Å²) in [6.07, 6.45) is 6.12. The second-order valence-electron chi connectivity index (χ2n) is 3.45. The maximum absolute atomic E-state index is 11.3. The van der Waals surface area contributed by atoms with Crippen LogP contribution in [0.4, 0.5) is 0 Å². The van der Waals surface area contributed by atoms with E-state index in [1.807, 2.05) is 6.92 Å². The first kappa shape index (κ1) is 13.9. The highest BCUT2D eigenvalue weighted by atomic mass is 16.3. The van der Waals surface area contributed by atoms with Crippen molar-refractivity contribution in [2.75, 3.05) is 13.1 Å². The Morgan fingerprint density at radius 1 is 1.60 bits per heavy atom. The lowest BCUT2D eigenvalue weighted by atomic mass is 10.2. The number of rotatable bonds is 7. The topological polar surface area (TPSA) is 61.4 Å². The molecule has 0 spiro atoms. The van der Waals surface area contributed by atoms with Crippen LogP contribution in [-0.4, -0.2) is 36.2 Å². The predicted molar refractivity (Wildman–Crippen MR) is 60.2 cm³/mol. The Morgan fingerprint density at radius 3 is 2.80 bits per heavy atom. The molecule has 3 N–H and O–H groups in total. The van der Waals surface area contributed by atoms with Crippen LogP contribution in [0.15, 0.2) is 0 Å². The molecule has 0 heterocycles. The van der Waals surface area contributed by atoms with Crippen LogP contribution in [0.25, 0.3) is 0 Å². The summed E-state index contributed by atoms with van der Waals surface area (Å²) in [6.45, 7) is 4.57. The normalized spacial score (nSPS) is 14.0. The van der Waals surface area contributed by atoms with Crippen molar-refractivity contribution in [2.45, 2.75) is 38.8 Å². The van der Waals surface area contributed by atoms with Crippen LogP contribution < -0.4 is 10.6 Å². The molecule has 0 aromatic carbocycles. The summed E-state index contributed by atoms with van der Waals surface area (Å²) in [5, 5.41) is 14.9. The molecule has 4 nitrogen and oxygen atoms in total. The van der Waals surface area contributed by atoms with Crippen molar-refractivity contribution in [3.8, 4) is 12.3 Å². The third-order valence-corrected chi connectivity index (χ3v) is 2.16. The smallest absolute Gasteiger partial charge is 0.237 e. The minimum atomic E-state index is -0.293. The number of hydrogen-bond donors (Lipinski definition) is 3. The van der Waals surface area contributed by atoms with E-state index in [1.54, 1.807) is 6.92 Å². The first-order chi connectivity index (χ1) is 7.11. The summed E-state index contributed by atoms with van der Waals surface area (Å²) in [5.41, 5.74) is 0. The van der Waals surface area contributed by atoms with Gasteiger partial charge in [0.25, 0.3) is 0 Å². The fraction of sp³-hybridized carbons (Fsp3) is 0.727. The second-order valence-corrected chi connectivity index (χ2v) is 3.45. The molecule has 2 atom stereocenters. The van der Waals surface area contributed by atoms with E-state index in [4.69, 9.17) is 6.42 Å². The van der Waals surface area contributed by atoms with Gasteiger partial charge in [0.1, 0.15) is 0 Å². The fourth-order valence-electron chi connectivity index (χ4n) is 1.05. The van der Waals surface area contributed by atoms with E-state index in [0.29, 0.717) is 13.0 Å². The lowest BCUT2D eigenvalue weighted by Crippen LogP contribution is -2.43. The molecule has 0 saturated heterocycles. The van der Waals surface area contributed by atoms with Gasteiger partial charge in [-0.1, -0.05) is 12.8 Å². The van der Waals surface area contributed by atoms with E-state index >= 15 is 0 Å². The Balaban J connectivity index is 3.60. The van der Waals surface area contributed by atoms with Crippen LogP contribution in [0, 0.1) is 12.3 Å². The Bertz CT molecular complexity index is 223. The summed E-state index contributed by atoms with van der Waals surface area (Å²) >= 11 is 0. The van der Waals surface area contributed by atoms with Gasteiger partial charge in [-0.2, -0.15) is 0 Å². The van der Waals surface area contributed by atoms with E-state index in [0.717, 1.165) is 6.42 Å². The molecule has 0 aliphatic heterocycles. The molecule has 1 amide bonds. The lowest BCUT2D eigenvalue weighted by Gasteiger charge is -2.14. The number of aliphatic hydroxyl groups excluding tert-OH is 1. The van der Waals surface area contributed by atoms with Crippen LogP contribution in [0.1, 0.15) is 26.7 Å². The van der Waals surface area contributed by atoms with Gasteiger partial charge < -0.3 is 15.7 Å².